The lowest BCUT2D eigenvalue weighted by atomic mass is 9.78. The van der Waals surface area contributed by atoms with Gasteiger partial charge in [-0.15, -0.1) is 0 Å². The molecule has 3 heterocycles. The molecule has 180 valence electrons. The maximum atomic E-state index is 13.0. The number of imidazole rings is 1. The maximum absolute atomic E-state index is 13.0. The molecule has 1 amide bonds. The van der Waals surface area contributed by atoms with E-state index < -0.39 is 5.60 Å². The van der Waals surface area contributed by atoms with Gasteiger partial charge < -0.3 is 14.0 Å². The van der Waals surface area contributed by atoms with E-state index in [0.717, 1.165) is 61.0 Å². The van der Waals surface area contributed by atoms with E-state index in [1.54, 1.807) is 0 Å². The first-order valence-electron chi connectivity index (χ1n) is 12.4. The number of ether oxygens (including phenoxy) is 2. The second-order valence-electron chi connectivity index (χ2n) is 11.0. The van der Waals surface area contributed by atoms with Crippen LogP contribution in [0.1, 0.15) is 50.7 Å². The highest BCUT2D eigenvalue weighted by Crippen LogP contribution is 2.43. The summed E-state index contributed by atoms with van der Waals surface area (Å²) in [5.41, 5.74) is 4.13. The van der Waals surface area contributed by atoms with Gasteiger partial charge in [0.15, 0.2) is 5.69 Å². The SMILES string of the molecule is [C-]#[N+]c1ccc2ncn(C[C@H]3CCC[C@]4(C3)CN(Cc3cccc5c3OC(C)(C)C5)C(=O)O4)c2c1. The number of nitrogens with zero attached hydrogens (tertiary/aromatic N) is 4. The summed E-state index contributed by atoms with van der Waals surface area (Å²) >= 11 is 0. The number of amides is 1. The van der Waals surface area contributed by atoms with E-state index in [0.29, 0.717) is 24.7 Å². The second kappa shape index (κ2) is 8.01. The van der Waals surface area contributed by atoms with Gasteiger partial charge in [-0.05, 0) is 63.1 Å². The molecule has 0 bridgehead atoms. The molecule has 2 aromatic carbocycles. The van der Waals surface area contributed by atoms with Crippen LogP contribution in [0.25, 0.3) is 15.9 Å². The summed E-state index contributed by atoms with van der Waals surface area (Å²) in [6.07, 6.45) is 6.38. The predicted molar refractivity (Wildman–Crippen MR) is 132 cm³/mol. The van der Waals surface area contributed by atoms with Crippen LogP contribution in [-0.4, -0.2) is 38.3 Å². The van der Waals surface area contributed by atoms with Crippen molar-refractivity contribution in [1.29, 1.82) is 0 Å². The second-order valence-corrected chi connectivity index (χ2v) is 11.0. The van der Waals surface area contributed by atoms with Gasteiger partial charge in [0.2, 0.25) is 0 Å². The highest BCUT2D eigenvalue weighted by atomic mass is 16.6. The van der Waals surface area contributed by atoms with Crippen molar-refractivity contribution in [2.75, 3.05) is 6.54 Å². The van der Waals surface area contributed by atoms with Gasteiger partial charge in [-0.3, -0.25) is 4.90 Å². The topological polar surface area (TPSA) is 61.0 Å². The summed E-state index contributed by atoms with van der Waals surface area (Å²) in [6.45, 7) is 13.5. The number of aromatic nitrogens is 2. The van der Waals surface area contributed by atoms with Crippen LogP contribution in [0, 0.1) is 12.5 Å². The summed E-state index contributed by atoms with van der Waals surface area (Å²) < 4.78 is 14.5. The highest BCUT2D eigenvalue weighted by molar-refractivity contribution is 5.79. The van der Waals surface area contributed by atoms with Crippen LogP contribution < -0.4 is 4.74 Å². The smallest absolute Gasteiger partial charge is 0.410 e. The Hall–Kier alpha value is -3.53. The number of hydrogen-bond acceptors (Lipinski definition) is 4. The first-order valence-corrected chi connectivity index (χ1v) is 12.4. The fraction of sp³-hybridized carbons (Fsp3) is 0.464. The molecule has 1 saturated carbocycles. The third-order valence-electron chi connectivity index (χ3n) is 7.67. The highest BCUT2D eigenvalue weighted by Gasteiger charge is 2.48. The Labute approximate surface area is 205 Å². The Morgan fingerprint density at radius 3 is 2.97 bits per heavy atom. The molecule has 2 fully saturated rings. The number of para-hydroxylation sites is 1. The summed E-state index contributed by atoms with van der Waals surface area (Å²) in [5.74, 6) is 1.31. The van der Waals surface area contributed by atoms with Crippen molar-refractivity contribution >= 4 is 22.8 Å². The van der Waals surface area contributed by atoms with Gasteiger partial charge >= 0.3 is 6.09 Å². The molecule has 2 aliphatic heterocycles. The van der Waals surface area contributed by atoms with Crippen molar-refractivity contribution in [2.45, 2.75) is 70.2 Å². The molecule has 1 aliphatic carbocycles. The molecule has 3 aromatic rings. The van der Waals surface area contributed by atoms with Crippen molar-refractivity contribution in [3.63, 3.8) is 0 Å². The Morgan fingerprint density at radius 2 is 2.11 bits per heavy atom. The summed E-state index contributed by atoms with van der Waals surface area (Å²) in [4.78, 5) is 22.9. The molecule has 0 unspecified atom stereocenters. The van der Waals surface area contributed by atoms with Gasteiger partial charge in [-0.2, -0.15) is 0 Å². The monoisotopic (exact) mass is 470 g/mol. The van der Waals surface area contributed by atoms with Crippen LogP contribution in [0.5, 0.6) is 5.75 Å². The zero-order chi connectivity index (χ0) is 24.2. The number of hydrogen-bond donors (Lipinski definition) is 0. The van der Waals surface area contributed by atoms with Crippen molar-refractivity contribution in [1.82, 2.24) is 14.5 Å². The van der Waals surface area contributed by atoms with Crippen molar-refractivity contribution in [3.8, 4) is 5.75 Å². The van der Waals surface area contributed by atoms with E-state index in [2.05, 4.69) is 46.4 Å². The molecule has 7 heteroatoms. The van der Waals surface area contributed by atoms with Gasteiger partial charge in [-0.25, -0.2) is 14.6 Å². The van der Waals surface area contributed by atoms with Crippen molar-refractivity contribution in [3.05, 3.63) is 65.3 Å². The Morgan fingerprint density at radius 1 is 1.23 bits per heavy atom. The lowest BCUT2D eigenvalue weighted by Gasteiger charge is -2.36. The van der Waals surface area contributed by atoms with Crippen LogP contribution in [-0.2, 0) is 24.2 Å². The Balaban J connectivity index is 1.17. The zero-order valence-electron chi connectivity index (χ0n) is 20.3. The van der Waals surface area contributed by atoms with Crippen LogP contribution in [0.15, 0.2) is 42.7 Å². The fourth-order valence-corrected chi connectivity index (χ4v) is 6.20. The molecule has 6 rings (SSSR count). The number of fused-ring (bicyclic) bond motifs is 2. The first kappa shape index (κ1) is 22.0. The minimum atomic E-state index is -0.434. The minimum Gasteiger partial charge on any atom is -0.487 e. The molecule has 0 N–H and O–H groups in total. The molecular formula is C28H30N4O3. The van der Waals surface area contributed by atoms with E-state index in [1.165, 1.54) is 5.56 Å². The lowest BCUT2D eigenvalue weighted by molar-refractivity contribution is 0.00414. The third kappa shape index (κ3) is 4.01. The summed E-state index contributed by atoms with van der Waals surface area (Å²) in [5, 5.41) is 0. The maximum Gasteiger partial charge on any atom is 0.410 e. The van der Waals surface area contributed by atoms with E-state index in [4.69, 9.17) is 16.0 Å². The predicted octanol–water partition coefficient (Wildman–Crippen LogP) is 5.88. The standard InChI is InChI=1S/C28H30N4O3/c1-27(2)14-20-7-4-8-21(25(20)34-27)16-31-17-28(35-26(31)33)11-5-6-19(13-28)15-32-18-30-23-10-9-22(29-3)12-24(23)32/h4,7-10,12,18-19H,5-6,11,13-17H2,1-2H3/t19-,28-/m0/s1. The number of carbonyl (C=O) groups is 1. The molecule has 35 heavy (non-hydrogen) atoms. The first-order chi connectivity index (χ1) is 16.8. The van der Waals surface area contributed by atoms with Crippen LogP contribution in [0.4, 0.5) is 10.5 Å². The number of benzene rings is 2. The Bertz CT molecular complexity index is 1350. The van der Waals surface area contributed by atoms with E-state index in [-0.39, 0.29) is 11.7 Å². The molecule has 2 atom stereocenters. The van der Waals surface area contributed by atoms with Crippen LogP contribution in [0.3, 0.4) is 0 Å². The average Bonchev–Trinajstić information content (AvgIpc) is 3.46. The normalized spacial score (nSPS) is 24.9. The molecule has 0 radical (unpaired) electrons. The van der Waals surface area contributed by atoms with E-state index >= 15 is 0 Å². The third-order valence-corrected chi connectivity index (χ3v) is 7.67. The summed E-state index contributed by atoms with van der Waals surface area (Å²) in [6, 6.07) is 11.9. The molecule has 1 spiro atoms. The van der Waals surface area contributed by atoms with Gasteiger partial charge in [-0.1, -0.05) is 24.3 Å². The fourth-order valence-electron chi connectivity index (χ4n) is 6.20. The van der Waals surface area contributed by atoms with E-state index in [9.17, 15) is 4.79 Å². The Kier molecular flexibility index (Phi) is 5.03. The minimum absolute atomic E-state index is 0.214. The quantitative estimate of drug-likeness (QED) is 0.447. The van der Waals surface area contributed by atoms with Crippen molar-refractivity contribution in [2.24, 2.45) is 5.92 Å². The molecule has 1 saturated heterocycles. The average molecular weight is 471 g/mol. The largest absolute Gasteiger partial charge is 0.487 e. The van der Waals surface area contributed by atoms with E-state index in [1.807, 2.05) is 29.4 Å². The summed E-state index contributed by atoms with van der Waals surface area (Å²) in [7, 11) is 0. The zero-order valence-corrected chi connectivity index (χ0v) is 20.3. The number of rotatable bonds is 4. The molecular weight excluding hydrogens is 440 g/mol. The van der Waals surface area contributed by atoms with Crippen LogP contribution in [0.2, 0.25) is 0 Å². The van der Waals surface area contributed by atoms with Gasteiger partial charge in [0, 0.05) is 18.5 Å². The van der Waals surface area contributed by atoms with Crippen molar-refractivity contribution < 1.29 is 14.3 Å². The van der Waals surface area contributed by atoms with Gasteiger partial charge in [0.05, 0.1) is 37.0 Å². The lowest BCUT2D eigenvalue weighted by Crippen LogP contribution is -2.40. The molecule has 7 nitrogen and oxygen atoms in total. The molecule has 3 aliphatic rings. The van der Waals surface area contributed by atoms with Gasteiger partial charge in [0.25, 0.3) is 0 Å². The molecule has 1 aromatic heterocycles. The van der Waals surface area contributed by atoms with Crippen LogP contribution >= 0.6 is 0 Å². The van der Waals surface area contributed by atoms with Gasteiger partial charge in [0.1, 0.15) is 17.0 Å². The number of carbonyl (C=O) groups excluding carboxylic acids is 1.